The topological polar surface area (TPSA) is 49.8 Å². The van der Waals surface area contributed by atoms with E-state index < -0.39 is 6.10 Å². The van der Waals surface area contributed by atoms with Crippen molar-refractivity contribution in [2.75, 3.05) is 20.2 Å². The third-order valence-electron chi connectivity index (χ3n) is 2.88. The smallest absolute Gasteiger partial charge is 0.319 e. The molecule has 0 aliphatic carbocycles. The number of aliphatic hydroxyl groups excluding tert-OH is 1. The predicted molar refractivity (Wildman–Crippen MR) is 70.1 cm³/mol. The summed E-state index contributed by atoms with van der Waals surface area (Å²) in [5.74, 6) is -0.288. The molecular formula is C14H21NO3. The van der Waals surface area contributed by atoms with E-state index in [1.54, 1.807) is 0 Å². The third kappa shape index (κ3) is 4.47. The van der Waals surface area contributed by atoms with E-state index in [4.69, 9.17) is 0 Å². The normalized spacial score (nSPS) is 12.8. The van der Waals surface area contributed by atoms with Crippen molar-refractivity contribution in [2.45, 2.75) is 26.0 Å². The van der Waals surface area contributed by atoms with Crippen molar-refractivity contribution in [2.24, 2.45) is 0 Å². The molecule has 4 heteroatoms. The molecule has 0 amide bonds. The van der Waals surface area contributed by atoms with Crippen molar-refractivity contribution < 1.29 is 14.6 Å². The molecule has 0 aliphatic heterocycles. The zero-order valence-corrected chi connectivity index (χ0v) is 11.2. The summed E-state index contributed by atoms with van der Waals surface area (Å²) < 4.78 is 4.66. The van der Waals surface area contributed by atoms with E-state index >= 15 is 0 Å². The summed E-state index contributed by atoms with van der Waals surface area (Å²) >= 11 is 0. The maximum absolute atomic E-state index is 11.3. The average molecular weight is 251 g/mol. The van der Waals surface area contributed by atoms with Crippen LogP contribution in [-0.4, -0.2) is 42.2 Å². The van der Waals surface area contributed by atoms with Gasteiger partial charge in [0.15, 0.2) is 0 Å². The van der Waals surface area contributed by atoms with E-state index in [0.29, 0.717) is 6.54 Å². The van der Waals surface area contributed by atoms with Gasteiger partial charge < -0.3 is 9.84 Å². The van der Waals surface area contributed by atoms with Crippen LogP contribution in [0.5, 0.6) is 0 Å². The number of ether oxygens (including phenoxy) is 1. The molecule has 0 saturated carbocycles. The van der Waals surface area contributed by atoms with E-state index in [1.807, 2.05) is 49.1 Å². The molecule has 0 spiro atoms. The molecule has 0 bridgehead atoms. The predicted octanol–water partition coefficient (Wildman–Crippen LogP) is 1.60. The molecule has 1 aromatic rings. The molecule has 100 valence electrons. The van der Waals surface area contributed by atoms with Crippen LogP contribution in [0.3, 0.4) is 0 Å². The fraction of sp³-hybridized carbons (Fsp3) is 0.500. The molecule has 1 N–H and O–H groups in total. The lowest BCUT2D eigenvalue weighted by Gasteiger charge is -2.27. The van der Waals surface area contributed by atoms with Gasteiger partial charge in [-0.2, -0.15) is 0 Å². The van der Waals surface area contributed by atoms with E-state index in [0.717, 1.165) is 5.56 Å². The maximum atomic E-state index is 11.3. The van der Waals surface area contributed by atoms with Crippen LogP contribution in [0, 0.1) is 0 Å². The number of rotatable bonds is 6. The summed E-state index contributed by atoms with van der Waals surface area (Å²) in [5, 5.41) is 10.1. The largest absolute Gasteiger partial charge is 0.468 e. The van der Waals surface area contributed by atoms with E-state index in [2.05, 4.69) is 4.74 Å². The van der Waals surface area contributed by atoms with Gasteiger partial charge in [0.2, 0.25) is 0 Å². The second-order valence-electron chi connectivity index (χ2n) is 4.53. The number of hydrogen-bond donors (Lipinski definition) is 1. The van der Waals surface area contributed by atoms with Crippen LogP contribution in [0.25, 0.3) is 0 Å². The van der Waals surface area contributed by atoms with Gasteiger partial charge in [0.25, 0.3) is 0 Å². The average Bonchev–Trinajstić information content (AvgIpc) is 2.38. The van der Waals surface area contributed by atoms with Crippen molar-refractivity contribution in [1.29, 1.82) is 0 Å². The standard InChI is InChI=1S/C14H21NO3/c1-11(2)15(10-14(17)18-3)9-13(16)12-7-5-4-6-8-12/h4-8,11,13,16H,9-10H2,1-3H3. The molecule has 4 nitrogen and oxygen atoms in total. The molecule has 0 saturated heterocycles. The van der Waals surface area contributed by atoms with Gasteiger partial charge in [0.05, 0.1) is 19.8 Å². The van der Waals surface area contributed by atoms with Gasteiger partial charge in [-0.25, -0.2) is 0 Å². The monoisotopic (exact) mass is 251 g/mol. The van der Waals surface area contributed by atoms with Crippen LogP contribution in [0.1, 0.15) is 25.5 Å². The molecule has 0 aromatic heterocycles. The Morgan fingerprint density at radius 2 is 1.94 bits per heavy atom. The molecule has 18 heavy (non-hydrogen) atoms. The first-order chi connectivity index (χ1) is 8.54. The van der Waals surface area contributed by atoms with Crippen LogP contribution in [0.2, 0.25) is 0 Å². The minimum Gasteiger partial charge on any atom is -0.468 e. The molecule has 0 aliphatic rings. The number of methoxy groups -OCH3 is 1. The van der Waals surface area contributed by atoms with Gasteiger partial charge in [-0.15, -0.1) is 0 Å². The van der Waals surface area contributed by atoms with Crippen molar-refractivity contribution in [3.05, 3.63) is 35.9 Å². The van der Waals surface area contributed by atoms with Crippen LogP contribution in [-0.2, 0) is 9.53 Å². The first kappa shape index (κ1) is 14.7. The van der Waals surface area contributed by atoms with Crippen molar-refractivity contribution in [1.82, 2.24) is 4.90 Å². The van der Waals surface area contributed by atoms with Crippen LogP contribution in [0.15, 0.2) is 30.3 Å². The second-order valence-corrected chi connectivity index (χ2v) is 4.53. The summed E-state index contributed by atoms with van der Waals surface area (Å²) in [7, 11) is 1.37. The third-order valence-corrected chi connectivity index (χ3v) is 2.88. The summed E-state index contributed by atoms with van der Waals surface area (Å²) in [6.45, 7) is 4.58. The van der Waals surface area contributed by atoms with Gasteiger partial charge >= 0.3 is 5.97 Å². The van der Waals surface area contributed by atoms with Crippen LogP contribution in [0.4, 0.5) is 0 Å². The Morgan fingerprint density at radius 3 is 2.44 bits per heavy atom. The number of aliphatic hydroxyl groups is 1. The molecule has 1 unspecified atom stereocenters. The minimum atomic E-state index is -0.599. The molecule has 1 aromatic carbocycles. The number of nitrogens with zero attached hydrogens (tertiary/aromatic N) is 1. The highest BCUT2D eigenvalue weighted by Gasteiger charge is 2.18. The SMILES string of the molecule is COC(=O)CN(CC(O)c1ccccc1)C(C)C. The fourth-order valence-corrected chi connectivity index (χ4v) is 1.69. The van der Waals surface area contributed by atoms with Crippen LogP contribution >= 0.6 is 0 Å². The summed E-state index contributed by atoms with van der Waals surface area (Å²) in [6.07, 6.45) is -0.599. The van der Waals surface area contributed by atoms with Gasteiger partial charge in [-0.3, -0.25) is 9.69 Å². The fourth-order valence-electron chi connectivity index (χ4n) is 1.69. The van der Waals surface area contributed by atoms with E-state index in [9.17, 15) is 9.90 Å². The molecule has 0 fully saturated rings. The van der Waals surface area contributed by atoms with Gasteiger partial charge in [-0.05, 0) is 19.4 Å². The van der Waals surface area contributed by atoms with Crippen molar-refractivity contribution in [3.63, 3.8) is 0 Å². The highest BCUT2D eigenvalue weighted by atomic mass is 16.5. The first-order valence-corrected chi connectivity index (χ1v) is 6.08. The number of esters is 1. The summed E-state index contributed by atoms with van der Waals surface area (Å²) in [5.41, 5.74) is 0.855. The quantitative estimate of drug-likeness (QED) is 0.780. The lowest BCUT2D eigenvalue weighted by molar-refractivity contribution is -0.142. The van der Waals surface area contributed by atoms with Gasteiger partial charge in [-0.1, -0.05) is 30.3 Å². The second kappa shape index (κ2) is 7.13. The van der Waals surface area contributed by atoms with Gasteiger partial charge in [0, 0.05) is 12.6 Å². The Morgan fingerprint density at radius 1 is 1.33 bits per heavy atom. The molecule has 1 rings (SSSR count). The summed E-state index contributed by atoms with van der Waals surface area (Å²) in [4.78, 5) is 13.2. The summed E-state index contributed by atoms with van der Waals surface area (Å²) in [6, 6.07) is 9.60. The first-order valence-electron chi connectivity index (χ1n) is 6.08. The van der Waals surface area contributed by atoms with Crippen molar-refractivity contribution in [3.8, 4) is 0 Å². The lowest BCUT2D eigenvalue weighted by Crippen LogP contribution is -2.39. The van der Waals surface area contributed by atoms with Crippen LogP contribution < -0.4 is 0 Å². The number of carbonyl (C=O) groups is 1. The molecule has 0 heterocycles. The van der Waals surface area contributed by atoms with Gasteiger partial charge in [0.1, 0.15) is 0 Å². The number of carbonyl (C=O) groups excluding carboxylic acids is 1. The molecule has 1 atom stereocenters. The Labute approximate surface area is 108 Å². The van der Waals surface area contributed by atoms with E-state index in [-0.39, 0.29) is 18.6 Å². The maximum Gasteiger partial charge on any atom is 0.319 e. The lowest BCUT2D eigenvalue weighted by atomic mass is 10.1. The Bertz CT molecular complexity index is 365. The zero-order valence-electron chi connectivity index (χ0n) is 11.2. The Kier molecular flexibility index (Phi) is 5.82. The highest BCUT2D eigenvalue weighted by molar-refractivity contribution is 5.71. The Hall–Kier alpha value is -1.39. The minimum absolute atomic E-state index is 0.169. The number of hydrogen-bond acceptors (Lipinski definition) is 4. The molecule has 0 radical (unpaired) electrons. The van der Waals surface area contributed by atoms with Crippen molar-refractivity contribution >= 4 is 5.97 Å². The number of benzene rings is 1. The van der Waals surface area contributed by atoms with E-state index in [1.165, 1.54) is 7.11 Å². The highest BCUT2D eigenvalue weighted by Crippen LogP contribution is 2.15. The molecular weight excluding hydrogens is 230 g/mol. The zero-order chi connectivity index (χ0) is 13.5. The Balaban J connectivity index is 2.63.